The van der Waals surface area contributed by atoms with E-state index in [9.17, 15) is 4.79 Å². The molecule has 0 unspecified atom stereocenters. The third-order valence-electron chi connectivity index (χ3n) is 2.47. The molecule has 0 bridgehead atoms. The lowest BCUT2D eigenvalue weighted by Crippen LogP contribution is -2.01. The van der Waals surface area contributed by atoms with Crippen LogP contribution in [0.15, 0.2) is 28.7 Å². The van der Waals surface area contributed by atoms with Crippen molar-refractivity contribution >= 4 is 17.6 Å². The number of hydrogen-bond donors (Lipinski definition) is 1. The van der Waals surface area contributed by atoms with Crippen LogP contribution in [0.4, 0.5) is 0 Å². The van der Waals surface area contributed by atoms with E-state index in [4.69, 9.17) is 21.1 Å². The Labute approximate surface area is 109 Å². The van der Waals surface area contributed by atoms with Gasteiger partial charge in [-0.2, -0.15) is 0 Å². The summed E-state index contributed by atoms with van der Waals surface area (Å²) in [5, 5.41) is 9.62. The van der Waals surface area contributed by atoms with Gasteiger partial charge in [0, 0.05) is 10.6 Å². The highest BCUT2D eigenvalue weighted by molar-refractivity contribution is 6.30. The van der Waals surface area contributed by atoms with Gasteiger partial charge < -0.3 is 9.52 Å². The molecule has 0 amide bonds. The number of carboxylic acids is 1. The first-order valence-corrected chi connectivity index (χ1v) is 5.86. The van der Waals surface area contributed by atoms with Gasteiger partial charge in [-0.15, -0.1) is 0 Å². The Hall–Kier alpha value is -1.81. The molecule has 0 radical (unpaired) electrons. The molecule has 94 valence electrons. The summed E-state index contributed by atoms with van der Waals surface area (Å²) in [7, 11) is 0. The Balaban J connectivity index is 2.53. The van der Waals surface area contributed by atoms with Gasteiger partial charge in [-0.3, -0.25) is 0 Å². The molecule has 0 spiro atoms. The van der Waals surface area contributed by atoms with Crippen LogP contribution in [0.3, 0.4) is 0 Å². The number of carboxylic acid groups (broad SMARTS) is 1. The van der Waals surface area contributed by atoms with Crippen molar-refractivity contribution < 1.29 is 14.3 Å². The summed E-state index contributed by atoms with van der Waals surface area (Å²) >= 11 is 5.88. The van der Waals surface area contributed by atoms with Crippen molar-refractivity contribution in [3.8, 4) is 11.5 Å². The first-order valence-electron chi connectivity index (χ1n) is 5.49. The van der Waals surface area contributed by atoms with Crippen molar-refractivity contribution in [1.82, 2.24) is 4.98 Å². The maximum atomic E-state index is 11.1. The monoisotopic (exact) mass is 265 g/mol. The lowest BCUT2D eigenvalue weighted by molar-refractivity contribution is 0.0661. The number of rotatable bonds is 3. The van der Waals surface area contributed by atoms with E-state index in [-0.39, 0.29) is 17.6 Å². The number of benzene rings is 1. The third-order valence-corrected chi connectivity index (χ3v) is 2.70. The summed E-state index contributed by atoms with van der Waals surface area (Å²) in [4.78, 5) is 15.3. The van der Waals surface area contributed by atoms with Crippen LogP contribution < -0.4 is 0 Å². The van der Waals surface area contributed by atoms with Crippen molar-refractivity contribution in [1.29, 1.82) is 0 Å². The zero-order chi connectivity index (χ0) is 13.3. The van der Waals surface area contributed by atoms with E-state index in [1.54, 1.807) is 24.3 Å². The zero-order valence-electron chi connectivity index (χ0n) is 9.98. The maximum Gasteiger partial charge on any atom is 0.373 e. The number of halogens is 1. The zero-order valence-corrected chi connectivity index (χ0v) is 10.7. The lowest BCUT2D eigenvalue weighted by Gasteiger charge is -1.98. The minimum absolute atomic E-state index is 0.0206. The fourth-order valence-corrected chi connectivity index (χ4v) is 1.81. The topological polar surface area (TPSA) is 63.3 Å². The van der Waals surface area contributed by atoms with Crippen molar-refractivity contribution in [3.63, 3.8) is 0 Å². The Morgan fingerprint density at radius 3 is 2.67 bits per heavy atom. The molecular formula is C13H12ClNO3. The minimum atomic E-state index is -1.11. The molecule has 0 saturated carbocycles. The number of aromatic carboxylic acids is 1. The summed E-state index contributed by atoms with van der Waals surface area (Å²) in [5.41, 5.74) is 1.11. The molecule has 0 aliphatic heterocycles. The number of hydrogen-bond acceptors (Lipinski definition) is 3. The predicted octanol–water partition coefficient (Wildman–Crippen LogP) is 3.82. The van der Waals surface area contributed by atoms with E-state index < -0.39 is 5.97 Å². The van der Waals surface area contributed by atoms with Gasteiger partial charge in [-0.05, 0) is 24.1 Å². The molecule has 4 nitrogen and oxygen atoms in total. The van der Waals surface area contributed by atoms with Crippen molar-refractivity contribution in [2.75, 3.05) is 0 Å². The van der Waals surface area contributed by atoms with Gasteiger partial charge in [-0.25, -0.2) is 9.78 Å². The van der Waals surface area contributed by atoms with Gasteiger partial charge in [0.2, 0.25) is 11.7 Å². The highest BCUT2D eigenvalue weighted by Gasteiger charge is 2.22. The maximum absolute atomic E-state index is 11.1. The molecule has 1 N–H and O–H groups in total. The van der Waals surface area contributed by atoms with Crippen LogP contribution in [0, 0.1) is 0 Å². The molecule has 0 aliphatic rings. The molecule has 2 aromatic rings. The van der Waals surface area contributed by atoms with Gasteiger partial charge in [0.1, 0.15) is 0 Å². The van der Waals surface area contributed by atoms with Gasteiger partial charge in [0.15, 0.2) is 0 Å². The van der Waals surface area contributed by atoms with Crippen LogP contribution in [0.25, 0.3) is 11.5 Å². The van der Waals surface area contributed by atoms with Crippen molar-refractivity contribution in [2.24, 2.45) is 0 Å². The van der Waals surface area contributed by atoms with Gasteiger partial charge in [-0.1, -0.05) is 31.5 Å². The van der Waals surface area contributed by atoms with Gasteiger partial charge >= 0.3 is 5.97 Å². The average molecular weight is 266 g/mol. The fraction of sp³-hybridized carbons (Fsp3) is 0.231. The molecule has 0 fully saturated rings. The summed E-state index contributed by atoms with van der Waals surface area (Å²) in [6.07, 6.45) is 0. The van der Waals surface area contributed by atoms with E-state index in [1.165, 1.54) is 0 Å². The van der Waals surface area contributed by atoms with Crippen molar-refractivity contribution in [2.45, 2.75) is 19.8 Å². The summed E-state index contributed by atoms with van der Waals surface area (Å²) < 4.78 is 5.31. The van der Waals surface area contributed by atoms with Crippen LogP contribution >= 0.6 is 11.6 Å². The smallest absolute Gasteiger partial charge is 0.373 e. The Bertz CT molecular complexity index is 590. The van der Waals surface area contributed by atoms with Gasteiger partial charge in [0.05, 0.1) is 5.69 Å². The number of aromatic nitrogens is 1. The second kappa shape index (κ2) is 4.82. The molecule has 5 heteroatoms. The van der Waals surface area contributed by atoms with E-state index in [0.717, 1.165) is 0 Å². The predicted molar refractivity (Wildman–Crippen MR) is 68.0 cm³/mol. The van der Waals surface area contributed by atoms with E-state index in [0.29, 0.717) is 16.3 Å². The van der Waals surface area contributed by atoms with Gasteiger partial charge in [0.25, 0.3) is 0 Å². The quantitative estimate of drug-likeness (QED) is 0.916. The molecule has 0 aliphatic carbocycles. The molecule has 1 heterocycles. The summed E-state index contributed by atoms with van der Waals surface area (Å²) in [6.45, 7) is 3.73. The minimum Gasteiger partial charge on any atom is -0.475 e. The molecule has 18 heavy (non-hydrogen) atoms. The molecule has 1 aromatic heterocycles. The Morgan fingerprint density at radius 2 is 2.17 bits per heavy atom. The van der Waals surface area contributed by atoms with E-state index in [2.05, 4.69) is 4.98 Å². The summed E-state index contributed by atoms with van der Waals surface area (Å²) in [6, 6.07) is 6.95. The van der Waals surface area contributed by atoms with E-state index in [1.807, 2.05) is 13.8 Å². The molecule has 0 saturated heterocycles. The molecule has 1 aromatic carbocycles. The second-order valence-corrected chi connectivity index (χ2v) is 4.64. The van der Waals surface area contributed by atoms with E-state index >= 15 is 0 Å². The average Bonchev–Trinajstić information content (AvgIpc) is 2.73. The SMILES string of the molecule is CC(C)c1nc(-c2cccc(Cl)c2)oc1C(=O)O. The first kappa shape index (κ1) is 12.6. The first-order chi connectivity index (χ1) is 8.49. The number of carbonyl (C=O) groups is 1. The lowest BCUT2D eigenvalue weighted by atomic mass is 10.1. The van der Waals surface area contributed by atoms with Crippen LogP contribution in [0.1, 0.15) is 36.0 Å². The van der Waals surface area contributed by atoms with Crippen molar-refractivity contribution in [3.05, 3.63) is 40.7 Å². The van der Waals surface area contributed by atoms with Crippen LogP contribution in [0.2, 0.25) is 5.02 Å². The molecular weight excluding hydrogens is 254 g/mol. The molecule has 2 rings (SSSR count). The Kier molecular flexibility index (Phi) is 3.39. The highest BCUT2D eigenvalue weighted by atomic mass is 35.5. The normalized spacial score (nSPS) is 10.9. The summed E-state index contributed by atoms with van der Waals surface area (Å²) in [5.74, 6) is -0.967. The Morgan fingerprint density at radius 1 is 1.44 bits per heavy atom. The van der Waals surface area contributed by atoms with Crippen LogP contribution in [-0.2, 0) is 0 Å². The molecule has 0 atom stereocenters. The highest BCUT2D eigenvalue weighted by Crippen LogP contribution is 2.27. The largest absolute Gasteiger partial charge is 0.475 e. The fourth-order valence-electron chi connectivity index (χ4n) is 1.62. The number of nitrogens with zero attached hydrogens (tertiary/aromatic N) is 1. The van der Waals surface area contributed by atoms with Crippen LogP contribution in [0.5, 0.6) is 0 Å². The standard InChI is InChI=1S/C13H12ClNO3/c1-7(2)10-11(13(16)17)18-12(15-10)8-4-3-5-9(14)6-8/h3-7H,1-2H3,(H,16,17). The number of oxazole rings is 1. The third kappa shape index (κ3) is 2.38. The van der Waals surface area contributed by atoms with Crippen LogP contribution in [-0.4, -0.2) is 16.1 Å². The second-order valence-electron chi connectivity index (χ2n) is 4.20.